The Morgan fingerprint density at radius 2 is 1.57 bits per heavy atom. The first-order valence-electron chi connectivity index (χ1n) is 13.2. The van der Waals surface area contributed by atoms with Gasteiger partial charge in [0.2, 0.25) is 5.54 Å². The summed E-state index contributed by atoms with van der Waals surface area (Å²) in [5.41, 5.74) is -1.51. The third-order valence-electron chi connectivity index (χ3n) is 7.41. The molecule has 3 heterocycles. The van der Waals surface area contributed by atoms with Crippen molar-refractivity contribution in [2.75, 3.05) is 26.2 Å². The maximum absolute atomic E-state index is 13.8. The Kier molecular flexibility index (Phi) is 7.40. The topological polar surface area (TPSA) is 108 Å². The lowest BCUT2D eigenvalue weighted by Crippen LogP contribution is -2.71. The lowest BCUT2D eigenvalue weighted by Gasteiger charge is -2.42. The van der Waals surface area contributed by atoms with Crippen molar-refractivity contribution in [1.82, 2.24) is 20.4 Å². The molecule has 1 aromatic heterocycles. The van der Waals surface area contributed by atoms with Crippen molar-refractivity contribution in [3.63, 3.8) is 0 Å². The number of carbonyl (C=O) groups is 4. The lowest BCUT2D eigenvalue weighted by molar-refractivity contribution is -0.148. The van der Waals surface area contributed by atoms with Gasteiger partial charge in [0.15, 0.2) is 0 Å². The molecule has 2 N–H and O–H groups in total. The maximum atomic E-state index is 13.8. The largest absolute Gasteiger partial charge is 0.457 e. The van der Waals surface area contributed by atoms with E-state index in [0.29, 0.717) is 45.0 Å². The molecule has 0 spiro atoms. The van der Waals surface area contributed by atoms with Crippen LogP contribution in [0.25, 0.3) is 10.1 Å². The van der Waals surface area contributed by atoms with E-state index in [1.54, 1.807) is 52.3 Å². The highest BCUT2D eigenvalue weighted by molar-refractivity contribution is 7.21. The number of barbiturate groups is 1. The zero-order valence-electron chi connectivity index (χ0n) is 22.1. The molecule has 0 saturated carbocycles. The summed E-state index contributed by atoms with van der Waals surface area (Å²) >= 11 is 7.63. The molecular formula is C30H24ClFN4O5S. The third kappa shape index (κ3) is 4.89. The van der Waals surface area contributed by atoms with Crippen LogP contribution in [0, 0.1) is 5.82 Å². The molecule has 4 aromatic rings. The highest BCUT2D eigenvalue weighted by Gasteiger charge is 2.56. The van der Waals surface area contributed by atoms with Gasteiger partial charge in [-0.25, -0.2) is 9.18 Å². The zero-order chi connectivity index (χ0) is 29.4. The Morgan fingerprint density at radius 1 is 0.881 bits per heavy atom. The molecule has 0 bridgehead atoms. The number of ether oxygens (including phenoxy) is 1. The van der Waals surface area contributed by atoms with Gasteiger partial charge in [-0.2, -0.15) is 0 Å². The number of imide groups is 2. The van der Waals surface area contributed by atoms with Crippen molar-refractivity contribution in [1.29, 1.82) is 0 Å². The first-order valence-corrected chi connectivity index (χ1v) is 14.4. The van der Waals surface area contributed by atoms with Gasteiger partial charge < -0.3 is 9.64 Å². The van der Waals surface area contributed by atoms with Gasteiger partial charge in [-0.15, -0.1) is 11.3 Å². The molecule has 0 radical (unpaired) electrons. The fraction of sp³-hybridized carbons (Fsp3) is 0.200. The smallest absolute Gasteiger partial charge is 0.328 e. The minimum atomic E-state index is -1.86. The molecular weight excluding hydrogens is 583 g/mol. The Hall–Kier alpha value is -4.32. The normalized spacial score (nSPS) is 17.5. The number of nitrogens with one attached hydrogen (secondary N) is 2. The zero-order valence-corrected chi connectivity index (χ0v) is 23.6. The summed E-state index contributed by atoms with van der Waals surface area (Å²) in [6, 6.07) is 19.0. The van der Waals surface area contributed by atoms with Crippen LogP contribution in [-0.4, -0.2) is 59.7 Å². The van der Waals surface area contributed by atoms with Crippen LogP contribution in [0.5, 0.6) is 11.5 Å². The number of nitrogens with zero attached hydrogens (tertiary/aromatic N) is 2. The molecule has 5 amide bonds. The van der Waals surface area contributed by atoms with Crippen LogP contribution in [0.15, 0.2) is 72.8 Å². The van der Waals surface area contributed by atoms with Crippen LogP contribution in [-0.2, 0) is 15.1 Å². The number of urea groups is 1. The number of benzene rings is 3. The van der Waals surface area contributed by atoms with Crippen molar-refractivity contribution in [3.8, 4) is 11.5 Å². The SMILES string of the molecule is O=C1NC(=O)C(c2ccc(Oc3ccccc3)cc2)(N2CCCN(C(=O)c3sc4cc(F)ccc4c3Cl)CC2)C(=O)N1. The van der Waals surface area contributed by atoms with Crippen LogP contribution in [0.4, 0.5) is 9.18 Å². The molecule has 12 heteroatoms. The van der Waals surface area contributed by atoms with Crippen molar-refractivity contribution < 1.29 is 28.3 Å². The van der Waals surface area contributed by atoms with Gasteiger partial charge in [0, 0.05) is 36.3 Å². The molecule has 2 aliphatic heterocycles. The number of rotatable bonds is 5. The average Bonchev–Trinajstić information content (AvgIpc) is 3.12. The van der Waals surface area contributed by atoms with E-state index >= 15 is 0 Å². The van der Waals surface area contributed by atoms with E-state index in [2.05, 4.69) is 10.6 Å². The molecule has 6 rings (SSSR count). The minimum absolute atomic E-state index is 0.153. The molecule has 2 saturated heterocycles. The first-order chi connectivity index (χ1) is 20.3. The number of fused-ring (bicyclic) bond motifs is 1. The van der Waals surface area contributed by atoms with Gasteiger partial charge in [0.25, 0.3) is 17.7 Å². The van der Waals surface area contributed by atoms with Crippen molar-refractivity contribution in [2.45, 2.75) is 12.0 Å². The second kappa shape index (κ2) is 11.2. The molecule has 214 valence electrons. The average molecular weight is 607 g/mol. The molecule has 3 aromatic carbocycles. The van der Waals surface area contributed by atoms with Crippen LogP contribution < -0.4 is 15.4 Å². The molecule has 2 aliphatic rings. The predicted molar refractivity (Wildman–Crippen MR) is 155 cm³/mol. The Balaban J connectivity index is 1.28. The number of carbonyl (C=O) groups excluding carboxylic acids is 4. The summed E-state index contributed by atoms with van der Waals surface area (Å²) in [4.78, 5) is 56.3. The summed E-state index contributed by atoms with van der Waals surface area (Å²) in [6.07, 6.45) is 0.439. The summed E-state index contributed by atoms with van der Waals surface area (Å²) in [7, 11) is 0. The van der Waals surface area contributed by atoms with Gasteiger partial charge >= 0.3 is 6.03 Å². The first kappa shape index (κ1) is 27.8. The van der Waals surface area contributed by atoms with E-state index in [1.807, 2.05) is 18.2 Å². The van der Waals surface area contributed by atoms with E-state index in [-0.39, 0.29) is 30.6 Å². The second-order valence-corrected chi connectivity index (χ2v) is 11.3. The van der Waals surface area contributed by atoms with Crippen molar-refractivity contribution in [2.24, 2.45) is 0 Å². The Bertz CT molecular complexity index is 1690. The van der Waals surface area contributed by atoms with E-state index in [4.69, 9.17) is 16.3 Å². The fourth-order valence-corrected chi connectivity index (χ4v) is 6.92. The maximum Gasteiger partial charge on any atom is 0.328 e. The van der Waals surface area contributed by atoms with E-state index in [0.717, 1.165) is 11.3 Å². The van der Waals surface area contributed by atoms with Gasteiger partial charge in [-0.1, -0.05) is 41.9 Å². The minimum Gasteiger partial charge on any atom is -0.457 e. The molecule has 0 unspecified atom stereocenters. The van der Waals surface area contributed by atoms with Crippen LogP contribution in [0.2, 0.25) is 5.02 Å². The van der Waals surface area contributed by atoms with Crippen LogP contribution in [0.1, 0.15) is 21.7 Å². The standard InChI is InChI=1S/C30H24ClFN4O5S/c31-24-22-12-9-19(32)17-23(22)42-25(24)26(37)35-13-4-14-36(16-15-35)30(27(38)33-29(40)34-28(30)39)18-7-10-21(11-8-18)41-20-5-2-1-3-6-20/h1-3,5-12,17H,4,13-16H2,(H2,33,34,38,39,40). The van der Waals surface area contributed by atoms with E-state index in [9.17, 15) is 23.6 Å². The number of para-hydroxylation sites is 1. The molecule has 9 nitrogen and oxygen atoms in total. The number of amides is 5. The molecule has 0 aliphatic carbocycles. The summed E-state index contributed by atoms with van der Waals surface area (Å²) in [6.45, 7) is 0.964. The number of hydrogen-bond acceptors (Lipinski definition) is 7. The lowest BCUT2D eigenvalue weighted by atomic mass is 9.84. The number of thiophene rings is 1. The van der Waals surface area contributed by atoms with Crippen LogP contribution in [0.3, 0.4) is 0 Å². The Labute approximate surface area is 248 Å². The van der Waals surface area contributed by atoms with Crippen LogP contribution >= 0.6 is 22.9 Å². The summed E-state index contributed by atoms with van der Waals surface area (Å²) in [5, 5.41) is 5.36. The van der Waals surface area contributed by atoms with E-state index < -0.39 is 29.2 Å². The molecule has 2 fully saturated rings. The highest BCUT2D eigenvalue weighted by atomic mass is 35.5. The number of halogens is 2. The van der Waals surface area contributed by atoms with Crippen molar-refractivity contribution in [3.05, 3.63) is 94.1 Å². The van der Waals surface area contributed by atoms with Gasteiger partial charge in [0.1, 0.15) is 22.2 Å². The third-order valence-corrected chi connectivity index (χ3v) is 9.05. The Morgan fingerprint density at radius 3 is 2.29 bits per heavy atom. The summed E-state index contributed by atoms with van der Waals surface area (Å²) in [5.74, 6) is -1.16. The highest BCUT2D eigenvalue weighted by Crippen LogP contribution is 2.38. The van der Waals surface area contributed by atoms with E-state index in [1.165, 1.54) is 12.1 Å². The second-order valence-electron chi connectivity index (χ2n) is 9.91. The molecule has 42 heavy (non-hydrogen) atoms. The molecule has 0 atom stereocenters. The van der Waals surface area contributed by atoms with Crippen molar-refractivity contribution >= 4 is 56.8 Å². The van der Waals surface area contributed by atoms with Gasteiger partial charge in [-0.05, 0) is 54.4 Å². The number of hydrogen-bond donors (Lipinski definition) is 2. The quantitative estimate of drug-likeness (QED) is 0.313. The van der Waals surface area contributed by atoms with Gasteiger partial charge in [-0.3, -0.25) is 29.9 Å². The van der Waals surface area contributed by atoms with Gasteiger partial charge in [0.05, 0.1) is 5.02 Å². The monoisotopic (exact) mass is 606 g/mol. The predicted octanol–water partition coefficient (Wildman–Crippen LogP) is 4.90. The fourth-order valence-electron chi connectivity index (χ4n) is 5.42. The summed E-state index contributed by atoms with van der Waals surface area (Å²) < 4.78 is 20.2.